The second-order valence-corrected chi connectivity index (χ2v) is 12.1. The van der Waals surface area contributed by atoms with Gasteiger partial charge in [0.15, 0.2) is 11.4 Å². The van der Waals surface area contributed by atoms with Gasteiger partial charge in [0.2, 0.25) is 0 Å². The van der Waals surface area contributed by atoms with Crippen LogP contribution in [0.3, 0.4) is 0 Å². The van der Waals surface area contributed by atoms with Crippen molar-refractivity contribution in [2.45, 2.75) is 75.3 Å². The van der Waals surface area contributed by atoms with Gasteiger partial charge in [-0.15, -0.1) is 0 Å². The van der Waals surface area contributed by atoms with Gasteiger partial charge in [0.05, 0.1) is 5.69 Å². The lowest BCUT2D eigenvalue weighted by atomic mass is 9.94. The van der Waals surface area contributed by atoms with Gasteiger partial charge in [-0.25, -0.2) is 14.1 Å². The van der Waals surface area contributed by atoms with Crippen molar-refractivity contribution in [2.24, 2.45) is 5.73 Å². The zero-order chi connectivity index (χ0) is 29.0. The minimum Gasteiger partial charge on any atom is -0.461 e. The average Bonchev–Trinajstić information content (AvgIpc) is 3.59. The molecule has 1 aliphatic heterocycles. The van der Waals surface area contributed by atoms with Crippen LogP contribution in [0.15, 0.2) is 48.8 Å². The fraction of sp³-hybridized carbons (Fsp3) is 0.481. The van der Waals surface area contributed by atoms with Crippen LogP contribution >= 0.6 is 7.75 Å². The SMILES string of the molecule is C[C@H](NP(=O)(OC[C@]1(C#N)CC[C@H](c2ccc3c(N)ncnn23)O1)Oc1ccccc1)C(=O)OC1CCC(N)CC1. The number of nitrogens with two attached hydrogens (primary N) is 2. The van der Waals surface area contributed by atoms with Crippen LogP contribution in [0.25, 0.3) is 5.52 Å². The molecule has 3 heterocycles. The van der Waals surface area contributed by atoms with Crippen molar-refractivity contribution >= 4 is 25.1 Å². The molecule has 1 saturated carbocycles. The third kappa shape index (κ3) is 6.69. The maximum Gasteiger partial charge on any atom is 0.459 e. The van der Waals surface area contributed by atoms with E-state index in [-0.39, 0.29) is 24.5 Å². The number of nitrogens with zero attached hydrogens (tertiary/aromatic N) is 4. The summed E-state index contributed by atoms with van der Waals surface area (Å²) in [4.78, 5) is 16.9. The smallest absolute Gasteiger partial charge is 0.459 e. The number of nitriles is 1. The summed E-state index contributed by atoms with van der Waals surface area (Å²) in [6, 6.07) is 13.3. The van der Waals surface area contributed by atoms with E-state index >= 15 is 0 Å². The van der Waals surface area contributed by atoms with Gasteiger partial charge in [-0.05, 0) is 69.7 Å². The maximum atomic E-state index is 14.0. The summed E-state index contributed by atoms with van der Waals surface area (Å²) in [6.07, 6.45) is 4.28. The molecule has 41 heavy (non-hydrogen) atoms. The number of nitrogens with one attached hydrogen (secondary N) is 1. The van der Waals surface area contributed by atoms with Gasteiger partial charge < -0.3 is 25.5 Å². The Morgan fingerprint density at radius 1 is 1.24 bits per heavy atom. The number of rotatable bonds is 10. The Morgan fingerprint density at radius 2 is 2.00 bits per heavy atom. The number of para-hydroxylation sites is 1. The Kier molecular flexibility index (Phi) is 8.58. The first-order valence-electron chi connectivity index (χ1n) is 13.6. The van der Waals surface area contributed by atoms with Crippen molar-refractivity contribution in [3.8, 4) is 11.8 Å². The molecule has 0 spiro atoms. The van der Waals surface area contributed by atoms with Crippen LogP contribution in [0.1, 0.15) is 57.2 Å². The first-order chi connectivity index (χ1) is 19.7. The molecule has 3 aromatic rings. The molecular weight excluding hydrogens is 549 g/mol. The summed E-state index contributed by atoms with van der Waals surface area (Å²) in [7, 11) is -4.19. The highest BCUT2D eigenvalue weighted by Gasteiger charge is 2.45. The topological polar surface area (TPSA) is 189 Å². The zero-order valence-corrected chi connectivity index (χ0v) is 23.6. The summed E-state index contributed by atoms with van der Waals surface area (Å²) in [5.74, 6) is 0.00161. The lowest BCUT2D eigenvalue weighted by molar-refractivity contribution is -0.152. The average molecular weight is 584 g/mol. The van der Waals surface area contributed by atoms with Crippen molar-refractivity contribution in [2.75, 3.05) is 12.3 Å². The molecular formula is C27H34N7O6P. The number of hydrogen-bond acceptors (Lipinski definition) is 11. The number of benzene rings is 1. The number of esters is 1. The van der Waals surface area contributed by atoms with E-state index in [2.05, 4.69) is 21.2 Å². The van der Waals surface area contributed by atoms with Crippen molar-refractivity contribution in [3.63, 3.8) is 0 Å². The molecule has 14 heteroatoms. The Balaban J connectivity index is 1.28. The van der Waals surface area contributed by atoms with Crippen LogP contribution < -0.4 is 21.1 Å². The number of carbonyl (C=O) groups excluding carboxylic acids is 1. The van der Waals surface area contributed by atoms with E-state index in [1.807, 2.05) is 6.07 Å². The third-order valence-corrected chi connectivity index (χ3v) is 8.99. The number of aromatic nitrogens is 3. The van der Waals surface area contributed by atoms with Crippen LogP contribution in [0, 0.1) is 11.3 Å². The molecule has 1 unspecified atom stereocenters. The normalized spacial score (nSPS) is 26.6. The predicted molar refractivity (Wildman–Crippen MR) is 148 cm³/mol. The van der Waals surface area contributed by atoms with Crippen LogP contribution in [0.5, 0.6) is 5.75 Å². The van der Waals surface area contributed by atoms with Crippen LogP contribution in [-0.4, -0.2) is 51.0 Å². The molecule has 5 rings (SSSR count). The molecule has 2 fully saturated rings. The minimum absolute atomic E-state index is 0.112. The Morgan fingerprint density at radius 3 is 2.73 bits per heavy atom. The maximum absolute atomic E-state index is 14.0. The van der Waals surface area contributed by atoms with Crippen LogP contribution in [0.4, 0.5) is 5.82 Å². The second kappa shape index (κ2) is 12.1. The monoisotopic (exact) mass is 583 g/mol. The van der Waals surface area contributed by atoms with Gasteiger partial charge in [0.1, 0.15) is 48.5 Å². The first-order valence-corrected chi connectivity index (χ1v) is 15.1. The highest BCUT2D eigenvalue weighted by atomic mass is 31.2. The van der Waals surface area contributed by atoms with E-state index in [0.717, 1.165) is 12.8 Å². The summed E-state index contributed by atoms with van der Waals surface area (Å²) < 4.78 is 39.0. The fourth-order valence-corrected chi connectivity index (χ4v) is 6.60. The Hall–Kier alpha value is -3.53. The molecule has 0 amide bonds. The lowest BCUT2D eigenvalue weighted by Gasteiger charge is -2.29. The quantitative estimate of drug-likeness (QED) is 0.233. The summed E-state index contributed by atoms with van der Waals surface area (Å²) in [6.45, 7) is 1.15. The molecule has 13 nitrogen and oxygen atoms in total. The van der Waals surface area contributed by atoms with Crippen LogP contribution in [0.2, 0.25) is 0 Å². The van der Waals surface area contributed by atoms with Gasteiger partial charge >= 0.3 is 13.7 Å². The number of ether oxygens (including phenoxy) is 2. The van der Waals surface area contributed by atoms with Crippen molar-refractivity contribution in [1.29, 1.82) is 5.26 Å². The third-order valence-electron chi connectivity index (χ3n) is 7.37. The zero-order valence-electron chi connectivity index (χ0n) is 22.7. The summed E-state index contributed by atoms with van der Waals surface area (Å²) in [5.41, 5.74) is 11.8. The van der Waals surface area contributed by atoms with E-state index < -0.39 is 31.5 Å². The number of hydrogen-bond donors (Lipinski definition) is 3. The van der Waals surface area contributed by atoms with E-state index in [4.69, 9.17) is 30.0 Å². The molecule has 1 saturated heterocycles. The van der Waals surface area contributed by atoms with Crippen LogP contribution in [-0.2, 0) is 23.4 Å². The second-order valence-electron chi connectivity index (χ2n) is 10.5. The van der Waals surface area contributed by atoms with Gasteiger partial charge in [0, 0.05) is 6.04 Å². The highest BCUT2D eigenvalue weighted by Crippen LogP contribution is 2.48. The standard InChI is InChI=1S/C27H34N7O6P/c1-18(26(35)38-20-9-7-19(29)8-10-20)33-41(36,40-21-5-3-2-4-6-21)37-16-27(15-28)14-13-24(39-27)22-11-12-23-25(30)31-17-32-34(22)23/h2-6,11-12,17-20,24H,7-10,13-14,16,29H2,1H3,(H,33,36)(H2,30,31,32)/t18-,19?,20?,24+,27+,41?/m0/s1. The highest BCUT2D eigenvalue weighted by molar-refractivity contribution is 7.52. The predicted octanol–water partition coefficient (Wildman–Crippen LogP) is 3.42. The van der Waals surface area contributed by atoms with Gasteiger partial charge in [-0.3, -0.25) is 9.32 Å². The van der Waals surface area contributed by atoms with E-state index in [1.54, 1.807) is 40.9 Å². The number of fused-ring (bicyclic) bond motifs is 1. The minimum atomic E-state index is -4.19. The van der Waals surface area contributed by atoms with Gasteiger partial charge in [-0.1, -0.05) is 18.2 Å². The van der Waals surface area contributed by atoms with E-state index in [9.17, 15) is 14.6 Å². The molecule has 218 valence electrons. The summed E-state index contributed by atoms with van der Waals surface area (Å²) >= 11 is 0. The van der Waals surface area contributed by atoms with Gasteiger partial charge in [0.25, 0.3) is 0 Å². The molecule has 5 N–H and O–H groups in total. The van der Waals surface area contributed by atoms with Crippen molar-refractivity contribution < 1.29 is 27.9 Å². The number of carbonyl (C=O) groups is 1. The molecule has 0 radical (unpaired) electrons. The molecule has 2 aliphatic rings. The largest absolute Gasteiger partial charge is 0.461 e. The van der Waals surface area contributed by atoms with Crippen molar-refractivity contribution in [1.82, 2.24) is 19.7 Å². The Labute approximate surface area is 237 Å². The molecule has 1 aliphatic carbocycles. The number of nitrogen functional groups attached to an aromatic ring is 1. The fourth-order valence-electron chi connectivity index (χ4n) is 5.06. The van der Waals surface area contributed by atoms with Crippen molar-refractivity contribution in [3.05, 3.63) is 54.5 Å². The van der Waals surface area contributed by atoms with E-state index in [1.165, 1.54) is 13.3 Å². The lowest BCUT2D eigenvalue weighted by Crippen LogP contribution is -2.40. The van der Waals surface area contributed by atoms with E-state index in [0.29, 0.717) is 42.7 Å². The molecule has 4 atom stereocenters. The first kappa shape index (κ1) is 29.0. The molecule has 1 aromatic carbocycles. The number of anilines is 1. The summed E-state index contributed by atoms with van der Waals surface area (Å²) in [5, 5.41) is 17.0. The molecule has 0 bridgehead atoms. The van der Waals surface area contributed by atoms with Gasteiger partial charge in [-0.2, -0.15) is 15.4 Å². The Bertz CT molecular complexity index is 1460. The molecule has 2 aromatic heterocycles.